The monoisotopic (exact) mass is 254 g/mol. The molecule has 0 heterocycles. The molecule has 1 rings (SSSR count). The second-order valence-corrected chi connectivity index (χ2v) is 4.36. The minimum Gasteiger partial charge on any atom is -0.383 e. The number of nitrogens with one attached hydrogen (secondary N) is 2. The molecule has 0 aromatic carbocycles. The molecule has 5 nitrogen and oxygen atoms in total. The molecule has 0 aromatic heterocycles. The molecule has 0 unspecified atom stereocenters. The van der Waals surface area contributed by atoms with Crippen LogP contribution >= 0.6 is 0 Å². The zero-order valence-corrected chi connectivity index (χ0v) is 11.0. The second kappa shape index (κ2) is 8.69. The summed E-state index contributed by atoms with van der Waals surface area (Å²) in [5.41, 5.74) is 1.39. The minimum atomic E-state index is -0.593. The van der Waals surface area contributed by atoms with Gasteiger partial charge in [0.2, 0.25) is 0 Å². The fourth-order valence-electron chi connectivity index (χ4n) is 1.90. The number of rotatable bonds is 6. The quantitative estimate of drug-likeness (QED) is 0.418. The molecule has 0 atom stereocenters. The van der Waals surface area contributed by atoms with E-state index in [9.17, 15) is 9.59 Å². The summed E-state index contributed by atoms with van der Waals surface area (Å²) >= 11 is 0. The molecule has 0 radical (unpaired) electrons. The van der Waals surface area contributed by atoms with Crippen LogP contribution in [0.3, 0.4) is 0 Å². The number of hydrogen-bond acceptors (Lipinski definition) is 3. The van der Waals surface area contributed by atoms with Crippen LogP contribution in [0.4, 0.5) is 0 Å². The topological polar surface area (TPSA) is 67.4 Å². The summed E-state index contributed by atoms with van der Waals surface area (Å²) in [6, 6.07) is 0. The van der Waals surface area contributed by atoms with E-state index in [2.05, 4.69) is 16.7 Å². The molecule has 2 amide bonds. The molecule has 0 bridgehead atoms. The first kappa shape index (κ1) is 14.7. The van der Waals surface area contributed by atoms with Gasteiger partial charge in [0.05, 0.1) is 6.61 Å². The molecule has 0 spiro atoms. The van der Waals surface area contributed by atoms with Gasteiger partial charge in [-0.3, -0.25) is 9.59 Å². The van der Waals surface area contributed by atoms with E-state index in [4.69, 9.17) is 4.74 Å². The van der Waals surface area contributed by atoms with Gasteiger partial charge >= 0.3 is 11.8 Å². The molecular weight excluding hydrogens is 232 g/mol. The van der Waals surface area contributed by atoms with Crippen molar-refractivity contribution in [2.45, 2.75) is 32.1 Å². The third-order valence-corrected chi connectivity index (χ3v) is 2.91. The lowest BCUT2D eigenvalue weighted by Crippen LogP contribution is -2.41. The summed E-state index contributed by atoms with van der Waals surface area (Å²) in [5, 5.41) is 5.11. The van der Waals surface area contributed by atoms with Crippen molar-refractivity contribution in [1.82, 2.24) is 10.6 Å². The van der Waals surface area contributed by atoms with Crippen molar-refractivity contribution in [2.24, 2.45) is 0 Å². The summed E-state index contributed by atoms with van der Waals surface area (Å²) in [7, 11) is 1.55. The normalized spacial score (nSPS) is 14.8. The van der Waals surface area contributed by atoms with E-state index in [1.54, 1.807) is 7.11 Å². The average Bonchev–Trinajstić information content (AvgIpc) is 2.40. The van der Waals surface area contributed by atoms with Crippen LogP contribution < -0.4 is 10.6 Å². The van der Waals surface area contributed by atoms with Crippen molar-refractivity contribution in [1.29, 1.82) is 0 Å². The lowest BCUT2D eigenvalue weighted by Gasteiger charge is -2.12. The van der Waals surface area contributed by atoms with Crippen LogP contribution in [0.2, 0.25) is 0 Å². The van der Waals surface area contributed by atoms with Crippen LogP contribution in [0.25, 0.3) is 0 Å². The Labute approximate surface area is 108 Å². The largest absolute Gasteiger partial charge is 0.383 e. The van der Waals surface area contributed by atoms with Crippen LogP contribution in [-0.4, -0.2) is 38.6 Å². The fraction of sp³-hybridized carbons (Fsp3) is 0.692. The van der Waals surface area contributed by atoms with E-state index < -0.39 is 11.8 Å². The molecule has 1 aliphatic carbocycles. The summed E-state index contributed by atoms with van der Waals surface area (Å²) in [6.45, 7) is 1.29. The lowest BCUT2D eigenvalue weighted by atomic mass is 9.97. The van der Waals surface area contributed by atoms with Gasteiger partial charge in [-0.15, -0.1) is 0 Å². The van der Waals surface area contributed by atoms with Crippen molar-refractivity contribution in [3.05, 3.63) is 11.6 Å². The highest BCUT2D eigenvalue weighted by Crippen LogP contribution is 2.19. The van der Waals surface area contributed by atoms with Gasteiger partial charge in [-0.1, -0.05) is 11.6 Å². The van der Waals surface area contributed by atoms with Crippen molar-refractivity contribution in [2.75, 3.05) is 26.8 Å². The van der Waals surface area contributed by atoms with Crippen LogP contribution in [0.15, 0.2) is 11.6 Å². The zero-order chi connectivity index (χ0) is 13.2. The number of carbonyl (C=O) groups is 2. The average molecular weight is 254 g/mol. The Balaban J connectivity index is 2.12. The van der Waals surface area contributed by atoms with Crippen molar-refractivity contribution >= 4 is 11.8 Å². The second-order valence-electron chi connectivity index (χ2n) is 4.36. The Bertz CT molecular complexity index is 313. The molecular formula is C13H22N2O3. The van der Waals surface area contributed by atoms with Gasteiger partial charge in [-0.05, 0) is 32.1 Å². The summed E-state index contributed by atoms with van der Waals surface area (Å²) < 4.78 is 4.78. The number of amides is 2. The van der Waals surface area contributed by atoms with Crippen LogP contribution in [0.1, 0.15) is 32.1 Å². The molecule has 0 saturated heterocycles. The van der Waals surface area contributed by atoms with Crippen molar-refractivity contribution in [3.8, 4) is 0 Å². The third-order valence-electron chi connectivity index (χ3n) is 2.91. The number of methoxy groups -OCH3 is 1. The van der Waals surface area contributed by atoms with Crippen molar-refractivity contribution < 1.29 is 14.3 Å². The van der Waals surface area contributed by atoms with Gasteiger partial charge in [-0.25, -0.2) is 0 Å². The van der Waals surface area contributed by atoms with Gasteiger partial charge in [0.1, 0.15) is 0 Å². The van der Waals surface area contributed by atoms with Gasteiger partial charge in [0.25, 0.3) is 0 Å². The first-order valence-electron chi connectivity index (χ1n) is 6.47. The first-order valence-corrected chi connectivity index (χ1v) is 6.47. The lowest BCUT2D eigenvalue weighted by molar-refractivity contribution is -0.139. The summed E-state index contributed by atoms with van der Waals surface area (Å²) in [5.74, 6) is -1.16. The third kappa shape index (κ3) is 5.82. The Morgan fingerprint density at radius 3 is 2.56 bits per heavy atom. The first-order chi connectivity index (χ1) is 8.74. The maximum Gasteiger partial charge on any atom is 0.309 e. The van der Waals surface area contributed by atoms with Crippen molar-refractivity contribution in [3.63, 3.8) is 0 Å². The maximum atomic E-state index is 11.4. The zero-order valence-electron chi connectivity index (χ0n) is 11.0. The maximum absolute atomic E-state index is 11.4. The Kier molecular flexibility index (Phi) is 7.10. The molecule has 2 N–H and O–H groups in total. The molecule has 18 heavy (non-hydrogen) atoms. The predicted molar refractivity (Wildman–Crippen MR) is 69.1 cm³/mol. The van der Waals surface area contributed by atoms with E-state index in [1.807, 2.05) is 0 Å². The van der Waals surface area contributed by atoms with Crippen LogP contribution in [-0.2, 0) is 14.3 Å². The molecule has 0 aromatic rings. The van der Waals surface area contributed by atoms with E-state index in [0.717, 1.165) is 19.3 Å². The van der Waals surface area contributed by atoms with E-state index in [1.165, 1.54) is 18.4 Å². The predicted octanol–water partition coefficient (Wildman–Crippen LogP) is 0.756. The SMILES string of the molecule is COCCNC(=O)C(=O)NCCC1=CCCCC1. The standard InChI is InChI=1S/C13H22N2O3/c1-18-10-9-15-13(17)12(16)14-8-7-11-5-3-2-4-6-11/h5H,2-4,6-10H2,1H3,(H,14,16)(H,15,17). The number of ether oxygens (including phenoxy) is 1. The molecule has 5 heteroatoms. The number of allylic oxidation sites excluding steroid dienone is 1. The van der Waals surface area contributed by atoms with E-state index in [-0.39, 0.29) is 0 Å². The molecule has 0 saturated carbocycles. The summed E-state index contributed by atoms with van der Waals surface area (Å²) in [6.07, 6.45) is 7.84. The van der Waals surface area contributed by atoms with E-state index >= 15 is 0 Å². The highest BCUT2D eigenvalue weighted by Gasteiger charge is 2.12. The van der Waals surface area contributed by atoms with Crippen LogP contribution in [0, 0.1) is 0 Å². The minimum absolute atomic E-state index is 0.355. The Hall–Kier alpha value is -1.36. The van der Waals surface area contributed by atoms with Crippen LogP contribution in [0.5, 0.6) is 0 Å². The fourth-order valence-corrected chi connectivity index (χ4v) is 1.90. The van der Waals surface area contributed by atoms with Gasteiger partial charge < -0.3 is 15.4 Å². The number of hydrogen-bond donors (Lipinski definition) is 2. The molecule has 0 aliphatic heterocycles. The summed E-state index contributed by atoms with van der Waals surface area (Å²) in [4.78, 5) is 22.7. The number of carbonyl (C=O) groups excluding carboxylic acids is 2. The van der Waals surface area contributed by atoms with E-state index in [0.29, 0.717) is 19.7 Å². The molecule has 102 valence electrons. The molecule has 0 fully saturated rings. The molecule has 1 aliphatic rings. The Morgan fingerprint density at radius 2 is 1.94 bits per heavy atom. The highest BCUT2D eigenvalue weighted by molar-refractivity contribution is 6.35. The highest BCUT2D eigenvalue weighted by atomic mass is 16.5. The smallest absolute Gasteiger partial charge is 0.309 e. The van der Waals surface area contributed by atoms with Gasteiger partial charge in [0.15, 0.2) is 0 Å². The Morgan fingerprint density at radius 1 is 1.22 bits per heavy atom. The van der Waals surface area contributed by atoms with Gasteiger partial charge in [-0.2, -0.15) is 0 Å². The van der Waals surface area contributed by atoms with Gasteiger partial charge in [0, 0.05) is 20.2 Å².